The number of aliphatic carboxylic acids is 1. The number of fused-ring (bicyclic) bond motifs is 1. The van der Waals surface area contributed by atoms with Crippen LogP contribution in [0.1, 0.15) is 38.5 Å². The van der Waals surface area contributed by atoms with Crippen LogP contribution in [0, 0.1) is 0 Å². The maximum absolute atomic E-state index is 12.2. The molecule has 3 aromatic rings. The van der Waals surface area contributed by atoms with Gasteiger partial charge in [0.2, 0.25) is 0 Å². The van der Waals surface area contributed by atoms with E-state index >= 15 is 0 Å². The number of aromatic amines is 1. The van der Waals surface area contributed by atoms with Crippen molar-refractivity contribution in [2.75, 3.05) is 0 Å². The summed E-state index contributed by atoms with van der Waals surface area (Å²) >= 11 is 0. The summed E-state index contributed by atoms with van der Waals surface area (Å²) in [5.41, 5.74) is 1.89. The van der Waals surface area contributed by atoms with E-state index in [1.165, 1.54) is 0 Å². The number of hydrogen-bond donors (Lipinski definition) is 2. The molecule has 0 saturated heterocycles. The van der Waals surface area contributed by atoms with Crippen LogP contribution >= 0.6 is 0 Å². The lowest BCUT2D eigenvalue weighted by molar-refractivity contribution is -0.137. The van der Waals surface area contributed by atoms with E-state index in [1.54, 1.807) is 10.8 Å². The van der Waals surface area contributed by atoms with E-state index in [0.717, 1.165) is 54.1 Å². The molecule has 5 heteroatoms. The highest BCUT2D eigenvalue weighted by Gasteiger charge is 2.11. The first-order valence-corrected chi connectivity index (χ1v) is 9.15. The molecule has 0 spiro atoms. The van der Waals surface area contributed by atoms with Crippen molar-refractivity contribution in [2.24, 2.45) is 0 Å². The number of rotatable bonds is 9. The molecule has 0 saturated carbocycles. The number of nitrogens with one attached hydrogen (secondary N) is 1. The van der Waals surface area contributed by atoms with Gasteiger partial charge in [-0.1, -0.05) is 61.7 Å². The van der Waals surface area contributed by atoms with Gasteiger partial charge >= 0.3 is 11.7 Å². The molecule has 0 bridgehead atoms. The maximum Gasteiger partial charge on any atom is 0.325 e. The molecule has 0 atom stereocenters. The van der Waals surface area contributed by atoms with E-state index in [-0.39, 0.29) is 12.1 Å². The van der Waals surface area contributed by atoms with Crippen LogP contribution in [0.4, 0.5) is 0 Å². The van der Waals surface area contributed by atoms with E-state index < -0.39 is 5.97 Å². The van der Waals surface area contributed by atoms with Crippen molar-refractivity contribution in [1.82, 2.24) is 9.55 Å². The molecule has 0 aliphatic carbocycles. The van der Waals surface area contributed by atoms with Gasteiger partial charge in [-0.15, -0.1) is 0 Å². The Morgan fingerprint density at radius 2 is 1.69 bits per heavy atom. The number of nitrogens with zero attached hydrogens (tertiary/aromatic N) is 1. The Kier molecular flexibility index (Phi) is 5.89. The first kappa shape index (κ1) is 18.0. The number of hydrogen-bond acceptors (Lipinski definition) is 2. The van der Waals surface area contributed by atoms with Gasteiger partial charge in [-0.25, -0.2) is 4.79 Å². The van der Waals surface area contributed by atoms with Crippen LogP contribution in [0.3, 0.4) is 0 Å². The zero-order valence-corrected chi connectivity index (χ0v) is 14.8. The summed E-state index contributed by atoms with van der Waals surface area (Å²) in [6, 6.07) is 14.3. The number of benzene rings is 2. The molecule has 0 fully saturated rings. The summed E-state index contributed by atoms with van der Waals surface area (Å²) in [5.74, 6) is -0.733. The van der Waals surface area contributed by atoms with Crippen LogP contribution in [-0.4, -0.2) is 20.6 Å². The van der Waals surface area contributed by atoms with Gasteiger partial charge in [-0.2, -0.15) is 0 Å². The predicted molar refractivity (Wildman–Crippen MR) is 103 cm³/mol. The smallest absolute Gasteiger partial charge is 0.325 e. The van der Waals surface area contributed by atoms with Gasteiger partial charge in [-0.05, 0) is 23.6 Å². The highest BCUT2D eigenvalue weighted by Crippen LogP contribution is 2.27. The van der Waals surface area contributed by atoms with E-state index in [9.17, 15) is 9.59 Å². The van der Waals surface area contributed by atoms with Crippen molar-refractivity contribution in [3.63, 3.8) is 0 Å². The third-order valence-corrected chi connectivity index (χ3v) is 4.71. The lowest BCUT2D eigenvalue weighted by Crippen LogP contribution is -2.17. The van der Waals surface area contributed by atoms with Crippen LogP contribution in [0.15, 0.2) is 53.5 Å². The van der Waals surface area contributed by atoms with Crippen LogP contribution in [0.5, 0.6) is 0 Å². The first-order valence-electron chi connectivity index (χ1n) is 9.15. The van der Waals surface area contributed by atoms with Gasteiger partial charge in [0.1, 0.15) is 0 Å². The molecule has 5 nitrogen and oxygen atoms in total. The zero-order valence-electron chi connectivity index (χ0n) is 14.8. The minimum absolute atomic E-state index is 0.0844. The number of H-pyrrole nitrogens is 1. The summed E-state index contributed by atoms with van der Waals surface area (Å²) in [4.78, 5) is 25.6. The predicted octanol–water partition coefficient (Wildman–Crippen LogP) is 4.42. The van der Waals surface area contributed by atoms with Gasteiger partial charge in [0.15, 0.2) is 0 Å². The number of imidazole rings is 1. The average molecular weight is 352 g/mol. The summed E-state index contributed by atoms with van der Waals surface area (Å²) in [5, 5.41) is 10.9. The van der Waals surface area contributed by atoms with Crippen molar-refractivity contribution < 1.29 is 9.90 Å². The molecule has 0 unspecified atom stereocenters. The Hall–Kier alpha value is -2.82. The van der Waals surface area contributed by atoms with E-state index in [4.69, 9.17) is 5.11 Å². The van der Waals surface area contributed by atoms with Crippen molar-refractivity contribution >= 4 is 16.7 Å². The average Bonchev–Trinajstić information content (AvgIpc) is 3.00. The second-order valence-electron chi connectivity index (χ2n) is 6.57. The van der Waals surface area contributed by atoms with Gasteiger partial charge < -0.3 is 10.1 Å². The van der Waals surface area contributed by atoms with Crippen molar-refractivity contribution in [1.29, 1.82) is 0 Å². The lowest BCUT2D eigenvalue weighted by atomic mass is 10.0. The van der Waals surface area contributed by atoms with Gasteiger partial charge in [0.25, 0.3) is 0 Å². The largest absolute Gasteiger partial charge is 0.481 e. The quantitative estimate of drug-likeness (QED) is 0.560. The fraction of sp³-hybridized carbons (Fsp3) is 0.333. The molecule has 2 aromatic carbocycles. The maximum atomic E-state index is 12.2. The van der Waals surface area contributed by atoms with Crippen LogP contribution in [-0.2, 0) is 11.3 Å². The van der Waals surface area contributed by atoms with Crippen LogP contribution in [0.2, 0.25) is 0 Å². The Morgan fingerprint density at radius 1 is 0.962 bits per heavy atom. The SMILES string of the molecule is O=C(O)CCCCCCCn1c(-c2cccc3ccccc23)c[nH]c1=O. The molecular weight excluding hydrogens is 328 g/mol. The number of aromatic nitrogens is 2. The third-order valence-electron chi connectivity index (χ3n) is 4.71. The van der Waals surface area contributed by atoms with Crippen molar-refractivity contribution in [2.45, 2.75) is 45.1 Å². The Balaban J connectivity index is 1.68. The Labute approximate surface area is 152 Å². The summed E-state index contributed by atoms with van der Waals surface area (Å²) in [7, 11) is 0. The van der Waals surface area contributed by atoms with Gasteiger partial charge in [-0.3, -0.25) is 9.36 Å². The van der Waals surface area contributed by atoms with Gasteiger partial charge in [0.05, 0.1) is 5.69 Å². The number of carboxylic acid groups (broad SMARTS) is 1. The Bertz CT molecular complexity index is 934. The second kappa shape index (κ2) is 8.52. The fourth-order valence-corrected chi connectivity index (χ4v) is 3.37. The molecular formula is C21H24N2O3. The molecule has 0 aliphatic rings. The third kappa shape index (κ3) is 4.23. The number of carboxylic acids is 1. The van der Waals surface area contributed by atoms with Gasteiger partial charge in [0, 0.05) is 24.7 Å². The Morgan fingerprint density at radius 3 is 2.54 bits per heavy atom. The minimum atomic E-state index is -0.733. The topological polar surface area (TPSA) is 75.1 Å². The number of carbonyl (C=O) groups is 1. The molecule has 0 amide bonds. The summed E-state index contributed by atoms with van der Waals surface area (Å²) < 4.78 is 1.80. The normalized spacial score (nSPS) is 11.1. The molecule has 1 aromatic heterocycles. The van der Waals surface area contributed by atoms with E-state index in [2.05, 4.69) is 23.2 Å². The molecule has 0 radical (unpaired) electrons. The molecule has 0 aliphatic heterocycles. The van der Waals surface area contributed by atoms with Crippen molar-refractivity contribution in [3.05, 3.63) is 59.1 Å². The van der Waals surface area contributed by atoms with E-state index in [1.807, 2.05) is 24.3 Å². The highest BCUT2D eigenvalue weighted by molar-refractivity contribution is 5.95. The first-order chi connectivity index (χ1) is 12.7. The monoisotopic (exact) mass is 352 g/mol. The highest BCUT2D eigenvalue weighted by atomic mass is 16.4. The minimum Gasteiger partial charge on any atom is -0.481 e. The molecule has 136 valence electrons. The molecule has 1 heterocycles. The molecule has 2 N–H and O–H groups in total. The second-order valence-corrected chi connectivity index (χ2v) is 6.57. The molecule has 26 heavy (non-hydrogen) atoms. The lowest BCUT2D eigenvalue weighted by Gasteiger charge is -2.10. The zero-order chi connectivity index (χ0) is 18.4. The van der Waals surface area contributed by atoms with Crippen LogP contribution < -0.4 is 5.69 Å². The van der Waals surface area contributed by atoms with Crippen LogP contribution in [0.25, 0.3) is 22.0 Å². The summed E-state index contributed by atoms with van der Waals surface area (Å²) in [6.07, 6.45) is 6.57. The molecule has 3 rings (SSSR count). The summed E-state index contributed by atoms with van der Waals surface area (Å²) in [6.45, 7) is 0.666. The standard InChI is InChI=1S/C21H24N2O3/c24-20(25)13-4-2-1-3-7-14-23-19(15-22-21(23)26)18-12-8-10-16-9-5-6-11-17(16)18/h5-6,8-12,15H,1-4,7,13-14H2,(H,22,26)(H,24,25). The van der Waals surface area contributed by atoms with Crippen molar-refractivity contribution in [3.8, 4) is 11.3 Å². The fourth-order valence-electron chi connectivity index (χ4n) is 3.37. The van der Waals surface area contributed by atoms with E-state index in [0.29, 0.717) is 6.54 Å². The number of unbranched alkanes of at least 4 members (excludes halogenated alkanes) is 4.